The Labute approximate surface area is 116 Å². The van der Waals surface area contributed by atoms with Crippen LogP contribution in [0.5, 0.6) is 0 Å². The number of rotatable bonds is 6. The van der Waals surface area contributed by atoms with Gasteiger partial charge < -0.3 is 14.8 Å². The molecule has 0 atom stereocenters. The Morgan fingerprint density at radius 3 is 2.40 bits per heavy atom. The molecule has 106 valence electrons. The molecule has 20 heavy (non-hydrogen) atoms. The molecule has 0 aliphatic rings. The van der Waals surface area contributed by atoms with E-state index in [-0.39, 0.29) is 19.1 Å². The first-order valence-electron chi connectivity index (χ1n) is 5.89. The SMILES string of the molecule is COC(=O)C=CC(=O)OCCNC(=O)c1ccccc1. The minimum Gasteiger partial charge on any atom is -0.466 e. The number of nitrogens with one attached hydrogen (secondary N) is 1. The van der Waals surface area contributed by atoms with Gasteiger partial charge in [0.2, 0.25) is 0 Å². The van der Waals surface area contributed by atoms with Crippen molar-refractivity contribution >= 4 is 17.8 Å². The third kappa shape index (κ3) is 5.81. The smallest absolute Gasteiger partial charge is 0.331 e. The van der Waals surface area contributed by atoms with Gasteiger partial charge in [-0.25, -0.2) is 9.59 Å². The zero-order valence-electron chi connectivity index (χ0n) is 11.0. The highest BCUT2D eigenvalue weighted by Gasteiger charge is 2.04. The van der Waals surface area contributed by atoms with Gasteiger partial charge in [0.15, 0.2) is 0 Å². The first kappa shape index (κ1) is 15.4. The molecule has 0 bridgehead atoms. The molecule has 1 amide bonds. The summed E-state index contributed by atoms with van der Waals surface area (Å²) in [6.07, 6.45) is 1.93. The molecular weight excluding hydrogens is 262 g/mol. The minimum absolute atomic E-state index is 0.0168. The predicted octanol–water partition coefficient (Wildman–Crippen LogP) is 0.689. The van der Waals surface area contributed by atoms with Crippen molar-refractivity contribution in [2.24, 2.45) is 0 Å². The molecule has 1 aromatic carbocycles. The van der Waals surface area contributed by atoms with Crippen molar-refractivity contribution in [3.63, 3.8) is 0 Å². The van der Waals surface area contributed by atoms with E-state index in [9.17, 15) is 14.4 Å². The van der Waals surface area contributed by atoms with Gasteiger partial charge in [-0.2, -0.15) is 0 Å². The summed E-state index contributed by atoms with van der Waals surface area (Å²) in [5, 5.41) is 2.60. The number of benzene rings is 1. The molecule has 0 fully saturated rings. The topological polar surface area (TPSA) is 81.7 Å². The van der Waals surface area contributed by atoms with Crippen LogP contribution in [0.25, 0.3) is 0 Å². The average molecular weight is 277 g/mol. The van der Waals surface area contributed by atoms with Crippen molar-refractivity contribution in [1.29, 1.82) is 0 Å². The van der Waals surface area contributed by atoms with E-state index in [4.69, 9.17) is 4.74 Å². The largest absolute Gasteiger partial charge is 0.466 e. The quantitative estimate of drug-likeness (QED) is 0.470. The van der Waals surface area contributed by atoms with Crippen molar-refractivity contribution < 1.29 is 23.9 Å². The lowest BCUT2D eigenvalue weighted by molar-refractivity contribution is -0.139. The second-order valence-corrected chi connectivity index (χ2v) is 3.65. The fourth-order valence-electron chi connectivity index (χ4n) is 1.26. The molecule has 0 saturated carbocycles. The maximum Gasteiger partial charge on any atom is 0.331 e. The van der Waals surface area contributed by atoms with Crippen LogP contribution < -0.4 is 5.32 Å². The van der Waals surface area contributed by atoms with Crippen molar-refractivity contribution in [3.8, 4) is 0 Å². The normalized spacial score (nSPS) is 10.1. The van der Waals surface area contributed by atoms with E-state index in [0.717, 1.165) is 12.2 Å². The van der Waals surface area contributed by atoms with Gasteiger partial charge in [0, 0.05) is 17.7 Å². The maximum absolute atomic E-state index is 11.6. The Morgan fingerprint density at radius 1 is 1.10 bits per heavy atom. The van der Waals surface area contributed by atoms with Gasteiger partial charge in [-0.05, 0) is 12.1 Å². The zero-order valence-corrected chi connectivity index (χ0v) is 11.0. The first-order valence-corrected chi connectivity index (χ1v) is 5.89. The van der Waals surface area contributed by atoms with Crippen molar-refractivity contribution in [1.82, 2.24) is 5.32 Å². The van der Waals surface area contributed by atoms with Crippen LogP contribution in [0.15, 0.2) is 42.5 Å². The van der Waals surface area contributed by atoms with Gasteiger partial charge in [0.05, 0.1) is 13.7 Å². The summed E-state index contributed by atoms with van der Waals surface area (Å²) in [5.41, 5.74) is 0.532. The lowest BCUT2D eigenvalue weighted by Crippen LogP contribution is -2.27. The van der Waals surface area contributed by atoms with Crippen LogP contribution in [0.3, 0.4) is 0 Å². The van der Waals surface area contributed by atoms with E-state index >= 15 is 0 Å². The summed E-state index contributed by atoms with van der Waals surface area (Å²) in [6.45, 7) is 0.203. The highest BCUT2D eigenvalue weighted by atomic mass is 16.5. The van der Waals surface area contributed by atoms with Gasteiger partial charge in [0.25, 0.3) is 5.91 Å². The van der Waals surface area contributed by atoms with E-state index < -0.39 is 11.9 Å². The maximum atomic E-state index is 11.6. The van der Waals surface area contributed by atoms with E-state index in [1.807, 2.05) is 6.07 Å². The zero-order chi connectivity index (χ0) is 14.8. The van der Waals surface area contributed by atoms with Crippen LogP contribution in [-0.2, 0) is 19.1 Å². The minimum atomic E-state index is -0.677. The fourth-order valence-corrected chi connectivity index (χ4v) is 1.26. The lowest BCUT2D eigenvalue weighted by atomic mass is 10.2. The summed E-state index contributed by atoms with van der Waals surface area (Å²) in [5.74, 6) is -1.56. The Bertz CT molecular complexity index is 496. The predicted molar refractivity (Wildman–Crippen MR) is 70.9 cm³/mol. The number of carbonyl (C=O) groups is 3. The summed E-state index contributed by atoms with van der Waals surface area (Å²) < 4.78 is 9.09. The van der Waals surface area contributed by atoms with E-state index in [0.29, 0.717) is 5.56 Å². The third-order valence-electron chi connectivity index (χ3n) is 2.22. The van der Waals surface area contributed by atoms with Gasteiger partial charge in [-0.15, -0.1) is 0 Å². The Morgan fingerprint density at radius 2 is 1.75 bits per heavy atom. The molecule has 0 spiro atoms. The van der Waals surface area contributed by atoms with Crippen LogP contribution in [-0.4, -0.2) is 38.1 Å². The van der Waals surface area contributed by atoms with Crippen LogP contribution in [0.2, 0.25) is 0 Å². The highest BCUT2D eigenvalue weighted by Crippen LogP contribution is 1.97. The molecule has 0 aromatic heterocycles. The summed E-state index contributed by atoms with van der Waals surface area (Å²) in [7, 11) is 1.21. The molecule has 6 heteroatoms. The molecule has 6 nitrogen and oxygen atoms in total. The summed E-state index contributed by atoms with van der Waals surface area (Å²) in [6, 6.07) is 8.69. The second kappa shape index (κ2) is 8.47. The molecule has 1 aromatic rings. The Hall–Kier alpha value is -2.63. The number of hydrogen-bond acceptors (Lipinski definition) is 5. The Balaban J connectivity index is 2.22. The van der Waals surface area contributed by atoms with E-state index in [2.05, 4.69) is 10.1 Å². The molecule has 0 aliphatic heterocycles. The lowest BCUT2D eigenvalue weighted by Gasteiger charge is -2.05. The fraction of sp³-hybridized carbons (Fsp3) is 0.214. The molecule has 0 saturated heterocycles. The van der Waals surface area contributed by atoms with Crippen LogP contribution >= 0.6 is 0 Å². The highest BCUT2D eigenvalue weighted by molar-refractivity contribution is 5.94. The molecule has 1 N–H and O–H groups in total. The van der Waals surface area contributed by atoms with Gasteiger partial charge in [-0.3, -0.25) is 4.79 Å². The van der Waals surface area contributed by atoms with Gasteiger partial charge >= 0.3 is 11.9 Å². The third-order valence-corrected chi connectivity index (χ3v) is 2.22. The number of ether oxygens (including phenoxy) is 2. The van der Waals surface area contributed by atoms with Crippen LogP contribution in [0.1, 0.15) is 10.4 Å². The average Bonchev–Trinajstić information content (AvgIpc) is 2.49. The summed E-state index contributed by atoms with van der Waals surface area (Å²) in [4.78, 5) is 33.5. The van der Waals surface area contributed by atoms with Gasteiger partial charge in [0.1, 0.15) is 6.61 Å². The Kier molecular flexibility index (Phi) is 6.53. The monoisotopic (exact) mass is 277 g/mol. The standard InChI is InChI=1S/C14H15NO5/c1-19-12(16)7-8-13(17)20-10-9-15-14(18)11-5-3-2-4-6-11/h2-8H,9-10H2,1H3,(H,15,18). The second-order valence-electron chi connectivity index (χ2n) is 3.65. The van der Waals surface area contributed by atoms with Crippen molar-refractivity contribution in [2.45, 2.75) is 0 Å². The molecule has 0 unspecified atom stereocenters. The number of amides is 1. The van der Waals surface area contributed by atoms with E-state index in [1.165, 1.54) is 7.11 Å². The summed E-state index contributed by atoms with van der Waals surface area (Å²) >= 11 is 0. The first-order chi connectivity index (χ1) is 9.63. The molecular formula is C14H15NO5. The molecule has 0 heterocycles. The van der Waals surface area contributed by atoms with Crippen molar-refractivity contribution in [3.05, 3.63) is 48.0 Å². The molecule has 1 rings (SSSR count). The van der Waals surface area contributed by atoms with Crippen LogP contribution in [0.4, 0.5) is 0 Å². The number of hydrogen-bond donors (Lipinski definition) is 1. The van der Waals surface area contributed by atoms with Crippen LogP contribution in [0, 0.1) is 0 Å². The van der Waals surface area contributed by atoms with Gasteiger partial charge in [-0.1, -0.05) is 18.2 Å². The van der Waals surface area contributed by atoms with E-state index in [1.54, 1.807) is 24.3 Å². The number of methoxy groups -OCH3 is 1. The number of esters is 2. The van der Waals surface area contributed by atoms with Crippen molar-refractivity contribution in [2.75, 3.05) is 20.3 Å². The number of carbonyl (C=O) groups excluding carboxylic acids is 3. The molecule has 0 aliphatic carbocycles. The molecule has 0 radical (unpaired) electrons.